The predicted octanol–water partition coefficient (Wildman–Crippen LogP) is 2.76. The first kappa shape index (κ1) is 16.9. The number of amides is 2. The molecule has 0 aliphatic heterocycles. The zero-order chi connectivity index (χ0) is 17.0. The molecule has 7 nitrogen and oxygen atoms in total. The molecule has 1 atom stereocenters. The first-order valence-corrected chi connectivity index (χ1v) is 7.81. The lowest BCUT2D eigenvalue weighted by atomic mass is 10.2. The van der Waals surface area contributed by atoms with Gasteiger partial charge < -0.3 is 10.2 Å². The number of carbonyl (C=O) groups excluding carboxylic acids is 1. The molecule has 124 valence electrons. The van der Waals surface area contributed by atoms with Crippen LogP contribution >= 0.6 is 0 Å². The first-order chi connectivity index (χ1) is 10.9. The van der Waals surface area contributed by atoms with Gasteiger partial charge in [0.2, 0.25) is 0 Å². The first-order valence-electron chi connectivity index (χ1n) is 7.81. The molecule has 23 heavy (non-hydrogen) atoms. The van der Waals surface area contributed by atoms with Gasteiger partial charge in [0.25, 0.3) is 0 Å². The molecule has 2 N–H and O–H groups in total. The van der Waals surface area contributed by atoms with Crippen molar-refractivity contribution < 1.29 is 4.79 Å². The largest absolute Gasteiger partial charge is 0.328 e. The Morgan fingerprint density at radius 2 is 1.91 bits per heavy atom. The molecule has 7 heteroatoms. The topological polar surface area (TPSA) is 86.8 Å². The van der Waals surface area contributed by atoms with E-state index in [1.165, 1.54) is 0 Å². The number of nitrogens with one attached hydrogen (secondary N) is 2. The summed E-state index contributed by atoms with van der Waals surface area (Å²) in [6.45, 7) is 9.88. The Hall–Kier alpha value is -2.44. The van der Waals surface area contributed by atoms with E-state index in [9.17, 15) is 4.79 Å². The molecule has 2 aromatic rings. The van der Waals surface area contributed by atoms with E-state index in [1.807, 2.05) is 46.8 Å². The second-order valence-corrected chi connectivity index (χ2v) is 6.05. The van der Waals surface area contributed by atoms with Gasteiger partial charge in [0.15, 0.2) is 5.82 Å². The molecule has 0 fully saturated rings. The summed E-state index contributed by atoms with van der Waals surface area (Å²) >= 11 is 0. The average Bonchev–Trinajstić information content (AvgIpc) is 2.97. The van der Waals surface area contributed by atoms with Crippen molar-refractivity contribution in [2.45, 2.75) is 52.7 Å². The van der Waals surface area contributed by atoms with E-state index in [2.05, 4.69) is 25.5 Å². The van der Waals surface area contributed by atoms with E-state index in [1.54, 1.807) is 17.3 Å². The minimum absolute atomic E-state index is 0.109. The smallest absolute Gasteiger partial charge is 0.318 e. The minimum atomic E-state index is -0.263. The van der Waals surface area contributed by atoms with Crippen LogP contribution in [0.2, 0.25) is 0 Å². The zero-order valence-electron chi connectivity index (χ0n) is 14.2. The van der Waals surface area contributed by atoms with Gasteiger partial charge in [-0.15, -0.1) is 0 Å². The molecule has 0 aromatic carbocycles. The molecule has 2 rings (SSSR count). The van der Waals surface area contributed by atoms with E-state index < -0.39 is 0 Å². The van der Waals surface area contributed by atoms with Crippen LogP contribution in [0.1, 0.15) is 46.5 Å². The summed E-state index contributed by atoms with van der Waals surface area (Å²) in [5.74, 6) is 1.18. The van der Waals surface area contributed by atoms with Crippen molar-refractivity contribution in [2.75, 3.05) is 0 Å². The van der Waals surface area contributed by atoms with Crippen LogP contribution in [0, 0.1) is 0 Å². The maximum absolute atomic E-state index is 12.4. The number of rotatable bonds is 5. The third-order valence-electron chi connectivity index (χ3n) is 3.52. The van der Waals surface area contributed by atoms with E-state index >= 15 is 0 Å². The highest BCUT2D eigenvalue weighted by Crippen LogP contribution is 2.16. The molecule has 2 heterocycles. The van der Waals surface area contributed by atoms with Gasteiger partial charge in [0.05, 0.1) is 6.04 Å². The van der Waals surface area contributed by atoms with Crippen LogP contribution in [0.4, 0.5) is 4.79 Å². The molecule has 0 radical (unpaired) electrons. The van der Waals surface area contributed by atoms with Gasteiger partial charge in [-0.2, -0.15) is 5.10 Å². The van der Waals surface area contributed by atoms with Gasteiger partial charge in [-0.25, -0.2) is 9.78 Å². The average molecular weight is 316 g/mol. The van der Waals surface area contributed by atoms with Gasteiger partial charge in [-0.05, 0) is 46.8 Å². The quantitative estimate of drug-likeness (QED) is 0.888. The lowest BCUT2D eigenvalue weighted by Crippen LogP contribution is -2.48. The van der Waals surface area contributed by atoms with Crippen molar-refractivity contribution >= 4 is 6.03 Å². The number of urea groups is 1. The van der Waals surface area contributed by atoms with Gasteiger partial charge >= 0.3 is 6.03 Å². The van der Waals surface area contributed by atoms with Crippen molar-refractivity contribution in [3.63, 3.8) is 0 Å². The molecule has 0 aliphatic rings. The number of nitrogens with zero attached hydrogens (tertiary/aromatic N) is 4. The Morgan fingerprint density at radius 1 is 1.22 bits per heavy atom. The summed E-state index contributed by atoms with van der Waals surface area (Å²) < 4.78 is 0. The van der Waals surface area contributed by atoms with E-state index in [4.69, 9.17) is 0 Å². The fourth-order valence-corrected chi connectivity index (χ4v) is 2.49. The Kier molecular flexibility index (Phi) is 5.31. The van der Waals surface area contributed by atoms with Crippen LogP contribution in [0.25, 0.3) is 11.4 Å². The standard InChI is InChI=1S/C16H24N6O/c1-10(2)22(11(3)4)16(23)18-12(5)14-19-15(21-20-14)13-7-6-8-17-9-13/h6-12H,1-5H3,(H,18,23)(H,19,20,21). The fraction of sp³-hybridized carbons (Fsp3) is 0.500. The highest BCUT2D eigenvalue weighted by molar-refractivity contribution is 5.75. The number of H-pyrrole nitrogens is 1. The van der Waals surface area contributed by atoms with E-state index in [-0.39, 0.29) is 24.2 Å². The molecule has 0 aliphatic carbocycles. The second-order valence-electron chi connectivity index (χ2n) is 6.05. The molecule has 0 spiro atoms. The summed E-state index contributed by atoms with van der Waals surface area (Å²) in [6, 6.07) is 3.61. The maximum atomic E-state index is 12.4. The van der Waals surface area contributed by atoms with Crippen LogP contribution in [0.15, 0.2) is 24.5 Å². The Balaban J connectivity index is 2.08. The zero-order valence-corrected chi connectivity index (χ0v) is 14.2. The SMILES string of the molecule is CC(NC(=O)N(C(C)C)C(C)C)c1nc(-c2cccnc2)n[nH]1. The lowest BCUT2D eigenvalue weighted by molar-refractivity contribution is 0.161. The Labute approximate surface area is 136 Å². The van der Waals surface area contributed by atoms with Crippen molar-refractivity contribution in [3.8, 4) is 11.4 Å². The van der Waals surface area contributed by atoms with Crippen molar-refractivity contribution in [1.82, 2.24) is 30.4 Å². The van der Waals surface area contributed by atoms with Crippen LogP contribution in [-0.2, 0) is 0 Å². The van der Waals surface area contributed by atoms with E-state index in [0.29, 0.717) is 11.6 Å². The van der Waals surface area contributed by atoms with Crippen LogP contribution in [-0.4, -0.2) is 43.2 Å². The molecular formula is C16H24N6O. The van der Waals surface area contributed by atoms with Crippen molar-refractivity contribution in [2.24, 2.45) is 0 Å². The number of hydrogen-bond donors (Lipinski definition) is 2. The summed E-state index contributed by atoms with van der Waals surface area (Å²) in [5, 5.41) is 10.0. The maximum Gasteiger partial charge on any atom is 0.318 e. The molecule has 0 saturated heterocycles. The number of carbonyl (C=O) groups is 1. The van der Waals surface area contributed by atoms with Crippen molar-refractivity contribution in [3.05, 3.63) is 30.4 Å². The monoisotopic (exact) mass is 316 g/mol. The molecule has 2 aromatic heterocycles. The third kappa shape index (κ3) is 4.06. The number of aromatic nitrogens is 4. The molecule has 1 unspecified atom stereocenters. The second kappa shape index (κ2) is 7.21. The van der Waals surface area contributed by atoms with Gasteiger partial charge in [0.1, 0.15) is 5.82 Å². The lowest BCUT2D eigenvalue weighted by Gasteiger charge is -2.31. The van der Waals surface area contributed by atoms with Crippen LogP contribution in [0.3, 0.4) is 0 Å². The molecule has 0 bridgehead atoms. The summed E-state index contributed by atoms with van der Waals surface area (Å²) in [7, 11) is 0. The molecule has 2 amide bonds. The Bertz CT molecular complexity index is 629. The van der Waals surface area contributed by atoms with E-state index in [0.717, 1.165) is 5.56 Å². The number of hydrogen-bond acceptors (Lipinski definition) is 4. The third-order valence-corrected chi connectivity index (χ3v) is 3.52. The van der Waals surface area contributed by atoms with Crippen LogP contribution in [0.5, 0.6) is 0 Å². The highest BCUT2D eigenvalue weighted by atomic mass is 16.2. The highest BCUT2D eigenvalue weighted by Gasteiger charge is 2.23. The number of aromatic amines is 1. The predicted molar refractivity (Wildman–Crippen MR) is 88.7 cm³/mol. The van der Waals surface area contributed by atoms with Crippen LogP contribution < -0.4 is 5.32 Å². The summed E-state index contributed by atoms with van der Waals surface area (Å²) in [5.41, 5.74) is 0.833. The number of pyridine rings is 1. The van der Waals surface area contributed by atoms with Gasteiger partial charge in [-0.3, -0.25) is 10.1 Å². The normalized spacial score (nSPS) is 12.5. The van der Waals surface area contributed by atoms with Gasteiger partial charge in [0, 0.05) is 30.0 Å². The summed E-state index contributed by atoms with van der Waals surface area (Å²) in [4.78, 5) is 22.7. The van der Waals surface area contributed by atoms with Gasteiger partial charge in [-0.1, -0.05) is 0 Å². The molecular weight excluding hydrogens is 292 g/mol. The Morgan fingerprint density at radius 3 is 2.48 bits per heavy atom. The fourth-order valence-electron chi connectivity index (χ4n) is 2.49. The molecule has 0 saturated carbocycles. The summed E-state index contributed by atoms with van der Waals surface area (Å²) in [6.07, 6.45) is 3.40. The minimum Gasteiger partial charge on any atom is -0.328 e. The van der Waals surface area contributed by atoms with Crippen molar-refractivity contribution in [1.29, 1.82) is 0 Å².